The number of benzene rings is 1. The summed E-state index contributed by atoms with van der Waals surface area (Å²) >= 11 is 4.36. The second-order valence-electron chi connectivity index (χ2n) is 7.43. The van der Waals surface area contributed by atoms with Gasteiger partial charge in [0, 0.05) is 12.3 Å². The van der Waals surface area contributed by atoms with Gasteiger partial charge in [-0.25, -0.2) is 14.0 Å². The van der Waals surface area contributed by atoms with Crippen LogP contribution in [-0.2, 0) is 9.59 Å². The topological polar surface area (TPSA) is 142 Å². The number of Topliss-reactive ketones (excluding diaryl/α,β-unsaturated/α-hetero) is 2. The van der Waals surface area contributed by atoms with E-state index in [0.717, 1.165) is 19.4 Å². The largest absolute Gasteiger partial charge is 0.305 e. The minimum Gasteiger partial charge on any atom is -0.305 e. The van der Waals surface area contributed by atoms with Crippen LogP contribution >= 0.6 is 27.7 Å². The maximum absolute atomic E-state index is 13.4. The van der Waals surface area contributed by atoms with Crippen molar-refractivity contribution in [3.05, 3.63) is 34.2 Å². The van der Waals surface area contributed by atoms with Crippen LogP contribution in [0.2, 0.25) is 0 Å². The fraction of sp³-hybridized carbons (Fsp3) is 0.421. The first kappa shape index (κ1) is 23.0. The molecule has 170 valence electrons. The van der Waals surface area contributed by atoms with Crippen molar-refractivity contribution in [2.24, 2.45) is 10.9 Å². The molecule has 0 bridgehead atoms. The number of amidine groups is 1. The second kappa shape index (κ2) is 10.2. The van der Waals surface area contributed by atoms with Gasteiger partial charge >= 0.3 is 0 Å². The predicted molar refractivity (Wildman–Crippen MR) is 117 cm³/mol. The number of thioether (sulfide) groups is 1. The van der Waals surface area contributed by atoms with Crippen LogP contribution in [0.25, 0.3) is 0 Å². The number of nitrogens with one attached hydrogen (secondary N) is 3. The van der Waals surface area contributed by atoms with E-state index in [0.29, 0.717) is 28.9 Å². The maximum atomic E-state index is 13.4. The average molecular weight is 527 g/mol. The molecule has 0 saturated heterocycles. The molecule has 0 aliphatic heterocycles. The van der Waals surface area contributed by atoms with E-state index in [-0.39, 0.29) is 21.8 Å². The van der Waals surface area contributed by atoms with Crippen LogP contribution < -0.4 is 16.1 Å². The molecule has 1 heterocycles. The minimum absolute atomic E-state index is 0.0238. The van der Waals surface area contributed by atoms with Gasteiger partial charge in [0.1, 0.15) is 5.82 Å². The molecule has 4 rings (SSSR count). The van der Waals surface area contributed by atoms with E-state index < -0.39 is 23.7 Å². The van der Waals surface area contributed by atoms with E-state index >= 15 is 0 Å². The van der Waals surface area contributed by atoms with E-state index in [2.05, 4.69) is 41.9 Å². The predicted octanol–water partition coefficient (Wildman–Crippen LogP) is 1.60. The summed E-state index contributed by atoms with van der Waals surface area (Å²) in [4.78, 5) is 27.9. The summed E-state index contributed by atoms with van der Waals surface area (Å²) in [6.45, 7) is 1.19. The lowest BCUT2D eigenvalue weighted by Gasteiger charge is -2.34. The van der Waals surface area contributed by atoms with Crippen molar-refractivity contribution in [2.45, 2.75) is 30.0 Å². The Kier molecular flexibility index (Phi) is 7.30. The Hall–Kier alpha value is -2.19. The zero-order valence-electron chi connectivity index (χ0n) is 16.7. The number of carbonyl (C=O) groups is 2. The summed E-state index contributed by atoms with van der Waals surface area (Å²) in [6.07, 6.45) is 2.33. The highest BCUT2D eigenvalue weighted by atomic mass is 79.9. The number of nitrogens with zero attached hydrogens (tertiary/aromatic N) is 3. The van der Waals surface area contributed by atoms with Gasteiger partial charge < -0.3 is 10.6 Å². The molecule has 10 nitrogen and oxygen atoms in total. The van der Waals surface area contributed by atoms with Crippen LogP contribution in [0.3, 0.4) is 0 Å². The molecular weight excluding hydrogens is 507 g/mol. The molecule has 32 heavy (non-hydrogen) atoms. The molecule has 13 heteroatoms. The highest BCUT2D eigenvalue weighted by molar-refractivity contribution is 9.10. The number of hydroxylamine groups is 1. The molecule has 2 aliphatic rings. The van der Waals surface area contributed by atoms with E-state index in [4.69, 9.17) is 4.63 Å². The SMILES string of the molecule is O=C1C(=O)C(NCC2CC2)C1NCCSc1nonc1C(=Nc1ccc(F)c(Br)c1)NO. The van der Waals surface area contributed by atoms with Gasteiger partial charge in [-0.2, -0.15) is 0 Å². The number of carbonyl (C=O) groups excluding carboxylic acids is 2. The summed E-state index contributed by atoms with van der Waals surface area (Å²) < 4.78 is 18.4. The molecule has 2 atom stereocenters. The molecule has 0 radical (unpaired) electrons. The molecule has 2 unspecified atom stereocenters. The third kappa shape index (κ3) is 5.23. The Bertz CT molecular complexity index is 1050. The first-order valence-electron chi connectivity index (χ1n) is 9.92. The van der Waals surface area contributed by atoms with Crippen LogP contribution in [0.1, 0.15) is 18.5 Å². The van der Waals surface area contributed by atoms with E-state index in [1.807, 2.05) is 5.48 Å². The van der Waals surface area contributed by atoms with Crippen LogP contribution in [0.15, 0.2) is 37.3 Å². The quantitative estimate of drug-likeness (QED) is 0.0899. The van der Waals surface area contributed by atoms with Gasteiger partial charge in [0.15, 0.2) is 16.6 Å². The summed E-state index contributed by atoms with van der Waals surface area (Å²) in [6, 6.07) is 3.13. The lowest BCUT2D eigenvalue weighted by Crippen LogP contribution is -2.69. The number of aliphatic imine (C=N–C) groups is 1. The summed E-state index contributed by atoms with van der Waals surface area (Å²) in [7, 11) is 0. The van der Waals surface area contributed by atoms with Crippen molar-refractivity contribution >= 4 is 50.8 Å². The number of hydrogen-bond acceptors (Lipinski definition) is 10. The normalized spacial score (nSPS) is 21.0. The van der Waals surface area contributed by atoms with E-state index in [1.165, 1.54) is 30.0 Å². The first-order chi connectivity index (χ1) is 15.5. The highest BCUT2D eigenvalue weighted by Gasteiger charge is 2.48. The molecule has 2 fully saturated rings. The van der Waals surface area contributed by atoms with Crippen LogP contribution in [0.5, 0.6) is 0 Å². The molecule has 2 aromatic rings. The van der Waals surface area contributed by atoms with Gasteiger partial charge in [-0.3, -0.25) is 20.3 Å². The number of hydrogen-bond donors (Lipinski definition) is 4. The number of rotatable bonds is 10. The van der Waals surface area contributed by atoms with Crippen molar-refractivity contribution in [1.82, 2.24) is 26.4 Å². The Morgan fingerprint density at radius 3 is 2.69 bits per heavy atom. The van der Waals surface area contributed by atoms with Gasteiger partial charge in [-0.05, 0) is 69.7 Å². The molecule has 0 spiro atoms. The number of ketones is 2. The van der Waals surface area contributed by atoms with Crippen LogP contribution in [0, 0.1) is 11.7 Å². The minimum atomic E-state index is -0.523. The van der Waals surface area contributed by atoms with Gasteiger partial charge in [-0.15, -0.1) is 0 Å². The monoisotopic (exact) mass is 526 g/mol. The fourth-order valence-corrected chi connectivity index (χ4v) is 4.28. The molecule has 1 aromatic heterocycles. The summed E-state index contributed by atoms with van der Waals surface area (Å²) in [5.74, 6) is -0.136. The zero-order chi connectivity index (χ0) is 22.7. The molecule has 0 amide bonds. The lowest BCUT2D eigenvalue weighted by atomic mass is 9.83. The third-order valence-corrected chi connectivity index (χ3v) is 6.66. The van der Waals surface area contributed by atoms with Crippen molar-refractivity contribution in [3.8, 4) is 0 Å². The Morgan fingerprint density at radius 2 is 2.00 bits per heavy atom. The van der Waals surface area contributed by atoms with Crippen LogP contribution in [-0.4, -0.2) is 63.8 Å². The van der Waals surface area contributed by atoms with Crippen molar-refractivity contribution in [1.29, 1.82) is 0 Å². The second-order valence-corrected chi connectivity index (χ2v) is 9.36. The van der Waals surface area contributed by atoms with E-state index in [9.17, 15) is 19.2 Å². The molecule has 1 aromatic carbocycles. The van der Waals surface area contributed by atoms with Gasteiger partial charge in [0.25, 0.3) is 0 Å². The zero-order valence-corrected chi connectivity index (χ0v) is 19.1. The number of aromatic nitrogens is 2. The van der Waals surface area contributed by atoms with Gasteiger partial charge in [0.2, 0.25) is 11.6 Å². The van der Waals surface area contributed by atoms with Crippen molar-refractivity contribution in [3.63, 3.8) is 0 Å². The van der Waals surface area contributed by atoms with Crippen molar-refractivity contribution in [2.75, 3.05) is 18.8 Å². The first-order valence-corrected chi connectivity index (χ1v) is 11.7. The molecular formula is C19H20BrFN6O4S. The summed E-state index contributed by atoms with van der Waals surface area (Å²) in [5, 5.41) is 23.7. The smallest absolute Gasteiger partial charge is 0.219 e. The Balaban J connectivity index is 1.32. The van der Waals surface area contributed by atoms with Gasteiger partial charge in [0.05, 0.1) is 22.2 Å². The molecule has 2 saturated carbocycles. The summed E-state index contributed by atoms with van der Waals surface area (Å²) in [5.41, 5.74) is 2.50. The molecule has 4 N–H and O–H groups in total. The number of halogens is 2. The highest BCUT2D eigenvalue weighted by Crippen LogP contribution is 2.28. The maximum Gasteiger partial charge on any atom is 0.219 e. The fourth-order valence-electron chi connectivity index (χ4n) is 3.15. The van der Waals surface area contributed by atoms with Gasteiger partial charge in [-0.1, -0.05) is 11.8 Å². The van der Waals surface area contributed by atoms with Crippen molar-refractivity contribution < 1.29 is 23.8 Å². The average Bonchev–Trinajstić information content (AvgIpc) is 3.51. The lowest BCUT2D eigenvalue weighted by molar-refractivity contribution is -0.147. The van der Waals surface area contributed by atoms with E-state index in [1.54, 1.807) is 0 Å². The van der Waals surface area contributed by atoms with Crippen LogP contribution in [0.4, 0.5) is 10.1 Å². The Labute approximate surface area is 194 Å². The standard InChI is InChI=1S/C19H20BrFN6O4S/c20-11-7-10(3-4-12(11)21)24-18(25-30)15-19(27-31-26-15)32-6-5-22-13-14(17(29)16(13)28)23-8-9-1-2-9/h3-4,7,9,13-14,22-23,30H,1-2,5-6,8H2,(H,24,25). The Morgan fingerprint density at radius 1 is 1.25 bits per heavy atom. The molecule has 2 aliphatic carbocycles. The third-order valence-electron chi connectivity index (χ3n) is 5.10.